The van der Waals surface area contributed by atoms with Gasteiger partial charge in [-0.1, -0.05) is 12.1 Å². The number of benzene rings is 1. The van der Waals surface area contributed by atoms with Crippen LogP contribution in [0, 0.1) is 0 Å². The zero-order valence-corrected chi connectivity index (χ0v) is 9.77. The number of phenols is 1. The molecule has 7 heteroatoms. The molecule has 2 aromatic rings. The molecule has 0 aliphatic rings. The number of rotatable bonds is 2. The Kier molecular flexibility index (Phi) is 3.28. The fourth-order valence-electron chi connectivity index (χ4n) is 1.51. The summed E-state index contributed by atoms with van der Waals surface area (Å²) >= 11 is 0. The highest BCUT2D eigenvalue weighted by Gasteiger charge is 2.37. The third-order valence-corrected chi connectivity index (χ3v) is 2.34. The molecule has 1 heterocycles. The smallest absolute Gasteiger partial charge is 0.438 e. The minimum Gasteiger partial charge on any atom is -0.508 e. The molecule has 0 atom stereocenters. The van der Waals surface area contributed by atoms with E-state index in [9.17, 15) is 18.3 Å². The molecule has 0 aliphatic heterocycles. The van der Waals surface area contributed by atoms with Crippen molar-refractivity contribution < 1.29 is 23.0 Å². The number of nitrogens with zero attached hydrogens (tertiary/aromatic N) is 2. The molecule has 2 rings (SSSR count). The quantitative estimate of drug-likeness (QED) is 0.911. The molecule has 100 valence electrons. The predicted molar refractivity (Wildman–Crippen MR) is 60.7 cm³/mol. The number of phenolic OH excluding ortho intramolecular Hbond substituents is 1. The summed E-state index contributed by atoms with van der Waals surface area (Å²) in [7, 11) is 1.09. The summed E-state index contributed by atoms with van der Waals surface area (Å²) in [5, 5.41) is 9.33. The van der Waals surface area contributed by atoms with Gasteiger partial charge < -0.3 is 9.84 Å². The van der Waals surface area contributed by atoms with Gasteiger partial charge in [0.05, 0.1) is 19.0 Å². The third-order valence-electron chi connectivity index (χ3n) is 2.34. The van der Waals surface area contributed by atoms with E-state index in [1.54, 1.807) is 12.1 Å². The van der Waals surface area contributed by atoms with E-state index in [4.69, 9.17) is 0 Å². The Labute approximate surface area is 106 Å². The van der Waals surface area contributed by atoms with E-state index in [0.29, 0.717) is 5.56 Å². The summed E-state index contributed by atoms with van der Waals surface area (Å²) in [4.78, 5) is 7.09. The summed E-state index contributed by atoms with van der Waals surface area (Å²) < 4.78 is 42.4. The van der Waals surface area contributed by atoms with Gasteiger partial charge in [-0.2, -0.15) is 13.2 Å². The maximum atomic E-state index is 12.6. The Bertz CT molecular complexity index is 600. The lowest BCUT2D eigenvalue weighted by Crippen LogP contribution is -2.11. The molecule has 0 radical (unpaired) electrons. The van der Waals surface area contributed by atoms with Crippen molar-refractivity contribution in [3.05, 3.63) is 36.2 Å². The molecule has 0 saturated heterocycles. The van der Waals surface area contributed by atoms with Gasteiger partial charge in [-0.05, 0) is 12.1 Å². The van der Waals surface area contributed by atoms with E-state index < -0.39 is 17.8 Å². The highest BCUT2D eigenvalue weighted by atomic mass is 19.4. The van der Waals surface area contributed by atoms with Gasteiger partial charge in [0.2, 0.25) is 11.6 Å². The SMILES string of the molecule is COc1nc(-c2cccc(O)c2)cnc1C(F)(F)F. The number of ether oxygens (including phenoxy) is 1. The summed E-state index contributed by atoms with van der Waals surface area (Å²) in [6.45, 7) is 0. The van der Waals surface area contributed by atoms with E-state index in [1.807, 2.05) is 0 Å². The van der Waals surface area contributed by atoms with Crippen molar-refractivity contribution in [3.8, 4) is 22.9 Å². The van der Waals surface area contributed by atoms with Crippen LogP contribution < -0.4 is 4.74 Å². The normalized spacial score (nSPS) is 11.4. The Hall–Kier alpha value is -2.31. The molecule has 1 aromatic heterocycles. The van der Waals surface area contributed by atoms with Crippen molar-refractivity contribution >= 4 is 0 Å². The molecule has 0 unspecified atom stereocenters. The van der Waals surface area contributed by atoms with Gasteiger partial charge in [-0.25, -0.2) is 9.97 Å². The molecule has 0 amide bonds. The maximum absolute atomic E-state index is 12.6. The molecule has 0 spiro atoms. The van der Waals surface area contributed by atoms with Gasteiger partial charge in [0.1, 0.15) is 5.75 Å². The molecular formula is C12H9F3N2O2. The van der Waals surface area contributed by atoms with E-state index in [2.05, 4.69) is 14.7 Å². The first kappa shape index (κ1) is 13.1. The van der Waals surface area contributed by atoms with Gasteiger partial charge in [0, 0.05) is 5.56 Å². The lowest BCUT2D eigenvalue weighted by Gasteiger charge is -2.11. The first-order chi connectivity index (χ1) is 8.91. The Morgan fingerprint density at radius 3 is 2.58 bits per heavy atom. The third kappa shape index (κ3) is 2.75. The Morgan fingerprint density at radius 2 is 2.00 bits per heavy atom. The lowest BCUT2D eigenvalue weighted by atomic mass is 10.1. The van der Waals surface area contributed by atoms with Crippen LogP contribution >= 0.6 is 0 Å². The molecule has 1 aromatic carbocycles. The van der Waals surface area contributed by atoms with Crippen molar-refractivity contribution in [2.75, 3.05) is 7.11 Å². The number of aromatic hydroxyl groups is 1. The number of methoxy groups -OCH3 is 1. The summed E-state index contributed by atoms with van der Waals surface area (Å²) in [5.41, 5.74) is -0.556. The maximum Gasteiger partial charge on any atom is 0.438 e. The fourth-order valence-corrected chi connectivity index (χ4v) is 1.51. The second kappa shape index (κ2) is 4.75. The molecule has 0 bridgehead atoms. The Morgan fingerprint density at radius 1 is 1.26 bits per heavy atom. The number of alkyl halides is 3. The minimum atomic E-state index is -4.63. The minimum absolute atomic E-state index is 0.0156. The number of hydrogen-bond acceptors (Lipinski definition) is 4. The number of hydrogen-bond donors (Lipinski definition) is 1. The largest absolute Gasteiger partial charge is 0.508 e. The van der Waals surface area contributed by atoms with Crippen molar-refractivity contribution in [2.24, 2.45) is 0 Å². The zero-order valence-electron chi connectivity index (χ0n) is 9.77. The van der Waals surface area contributed by atoms with E-state index in [1.165, 1.54) is 12.1 Å². The van der Waals surface area contributed by atoms with Crippen molar-refractivity contribution in [1.29, 1.82) is 0 Å². The van der Waals surface area contributed by atoms with Gasteiger partial charge in [0.25, 0.3) is 0 Å². The van der Waals surface area contributed by atoms with Crippen LogP contribution in [-0.4, -0.2) is 22.2 Å². The second-order valence-corrected chi connectivity index (χ2v) is 3.66. The van der Waals surface area contributed by atoms with Crippen LogP contribution in [0.2, 0.25) is 0 Å². The van der Waals surface area contributed by atoms with Crippen LogP contribution in [-0.2, 0) is 6.18 Å². The van der Waals surface area contributed by atoms with Crippen LogP contribution in [0.4, 0.5) is 13.2 Å². The second-order valence-electron chi connectivity index (χ2n) is 3.66. The predicted octanol–water partition coefficient (Wildman–Crippen LogP) is 2.88. The number of halogens is 3. The monoisotopic (exact) mass is 270 g/mol. The summed E-state index contributed by atoms with van der Waals surface area (Å²) in [6, 6.07) is 5.96. The fraction of sp³-hybridized carbons (Fsp3) is 0.167. The lowest BCUT2D eigenvalue weighted by molar-refractivity contribution is -0.142. The topological polar surface area (TPSA) is 55.2 Å². The van der Waals surface area contributed by atoms with Crippen molar-refractivity contribution in [2.45, 2.75) is 6.18 Å². The van der Waals surface area contributed by atoms with Crippen LogP contribution in [0.25, 0.3) is 11.3 Å². The average molecular weight is 270 g/mol. The van der Waals surface area contributed by atoms with E-state index in [-0.39, 0.29) is 11.4 Å². The molecule has 1 N–H and O–H groups in total. The molecule has 19 heavy (non-hydrogen) atoms. The van der Waals surface area contributed by atoms with Crippen LogP contribution in [0.15, 0.2) is 30.5 Å². The number of aromatic nitrogens is 2. The summed E-state index contributed by atoms with van der Waals surface area (Å²) in [6.07, 6.45) is -3.64. The molecule has 0 aliphatic carbocycles. The highest BCUT2D eigenvalue weighted by Crippen LogP contribution is 2.34. The first-order valence-corrected chi connectivity index (χ1v) is 5.19. The highest BCUT2D eigenvalue weighted by molar-refractivity contribution is 5.60. The first-order valence-electron chi connectivity index (χ1n) is 5.19. The standard InChI is InChI=1S/C12H9F3N2O2/c1-19-11-10(12(13,14)15)16-6-9(17-11)7-3-2-4-8(18)5-7/h2-6,18H,1H3. The van der Waals surface area contributed by atoms with Crippen LogP contribution in [0.3, 0.4) is 0 Å². The van der Waals surface area contributed by atoms with Gasteiger partial charge in [0.15, 0.2) is 0 Å². The summed E-state index contributed by atoms with van der Waals surface area (Å²) in [5.74, 6) is -0.619. The average Bonchev–Trinajstić information content (AvgIpc) is 2.37. The molecule has 0 fully saturated rings. The zero-order chi connectivity index (χ0) is 14.0. The van der Waals surface area contributed by atoms with Crippen LogP contribution in [0.1, 0.15) is 5.69 Å². The van der Waals surface area contributed by atoms with Crippen molar-refractivity contribution in [1.82, 2.24) is 9.97 Å². The van der Waals surface area contributed by atoms with E-state index >= 15 is 0 Å². The van der Waals surface area contributed by atoms with Crippen molar-refractivity contribution in [3.63, 3.8) is 0 Å². The van der Waals surface area contributed by atoms with Crippen LogP contribution in [0.5, 0.6) is 11.6 Å². The molecular weight excluding hydrogens is 261 g/mol. The molecule has 0 saturated carbocycles. The molecule has 4 nitrogen and oxygen atoms in total. The Balaban J connectivity index is 2.51. The van der Waals surface area contributed by atoms with E-state index in [0.717, 1.165) is 13.3 Å². The van der Waals surface area contributed by atoms with Gasteiger partial charge in [-0.3, -0.25) is 0 Å². The van der Waals surface area contributed by atoms with Gasteiger partial charge in [-0.15, -0.1) is 0 Å². The van der Waals surface area contributed by atoms with Gasteiger partial charge >= 0.3 is 6.18 Å².